The van der Waals surface area contributed by atoms with Gasteiger partial charge in [-0.3, -0.25) is 0 Å². The van der Waals surface area contributed by atoms with Gasteiger partial charge in [-0.25, -0.2) is 14.8 Å². The lowest BCUT2D eigenvalue weighted by molar-refractivity contribution is 0.0593. The second-order valence-electron chi connectivity index (χ2n) is 3.28. The lowest BCUT2D eigenvalue weighted by atomic mass is 10.4. The first-order valence-corrected chi connectivity index (χ1v) is 6.22. The van der Waals surface area contributed by atoms with E-state index in [0.717, 1.165) is 5.75 Å². The Balaban J connectivity index is 2.61. The molecule has 0 amide bonds. The van der Waals surface area contributed by atoms with E-state index < -0.39 is 5.97 Å². The molecule has 0 fully saturated rings. The molecule has 1 unspecified atom stereocenters. The zero-order valence-electron chi connectivity index (χ0n) is 9.56. The smallest absolute Gasteiger partial charge is 0.358 e. The maximum Gasteiger partial charge on any atom is 0.358 e. The molecule has 5 nitrogen and oxygen atoms in total. The monoisotopic (exact) mass is 241 g/mol. The average Bonchev–Trinajstić information content (AvgIpc) is 2.29. The third kappa shape index (κ3) is 3.69. The van der Waals surface area contributed by atoms with Crippen molar-refractivity contribution in [3.8, 4) is 0 Å². The molecule has 88 valence electrons. The molecule has 0 saturated carbocycles. The fourth-order valence-electron chi connectivity index (χ4n) is 1.16. The minimum Gasteiger partial charge on any atom is -0.464 e. The Morgan fingerprint density at radius 3 is 2.81 bits per heavy atom. The van der Waals surface area contributed by atoms with E-state index in [-0.39, 0.29) is 5.69 Å². The third-order valence-corrected chi connectivity index (χ3v) is 2.69. The van der Waals surface area contributed by atoms with Crippen LogP contribution in [0.5, 0.6) is 0 Å². The average molecular weight is 241 g/mol. The van der Waals surface area contributed by atoms with Gasteiger partial charge in [0, 0.05) is 11.8 Å². The summed E-state index contributed by atoms with van der Waals surface area (Å²) in [4.78, 5) is 19.1. The number of thioether (sulfide) groups is 1. The number of anilines is 1. The van der Waals surface area contributed by atoms with Crippen molar-refractivity contribution < 1.29 is 9.53 Å². The van der Waals surface area contributed by atoms with Gasteiger partial charge in [0.25, 0.3) is 0 Å². The van der Waals surface area contributed by atoms with Crippen molar-refractivity contribution in [1.82, 2.24) is 9.97 Å². The molecule has 1 aromatic heterocycles. The van der Waals surface area contributed by atoms with E-state index in [4.69, 9.17) is 0 Å². The second-order valence-corrected chi connectivity index (χ2v) is 4.19. The quantitative estimate of drug-likeness (QED) is 0.787. The topological polar surface area (TPSA) is 64.1 Å². The van der Waals surface area contributed by atoms with E-state index in [1.165, 1.54) is 19.5 Å². The van der Waals surface area contributed by atoms with E-state index in [0.29, 0.717) is 11.9 Å². The Bertz CT molecular complexity index is 342. The molecule has 1 atom stereocenters. The minimum atomic E-state index is -0.476. The van der Waals surface area contributed by atoms with Crippen LogP contribution in [-0.4, -0.2) is 41.1 Å². The van der Waals surface area contributed by atoms with Crippen molar-refractivity contribution in [3.63, 3.8) is 0 Å². The largest absolute Gasteiger partial charge is 0.464 e. The van der Waals surface area contributed by atoms with Crippen molar-refractivity contribution in [2.45, 2.75) is 13.0 Å². The van der Waals surface area contributed by atoms with Crippen LogP contribution in [0, 0.1) is 0 Å². The Labute approximate surface area is 99.0 Å². The summed E-state index contributed by atoms with van der Waals surface area (Å²) in [6.45, 7) is 2.06. The van der Waals surface area contributed by atoms with Crippen LogP contribution in [0.4, 0.5) is 5.82 Å². The van der Waals surface area contributed by atoms with Crippen LogP contribution in [0.3, 0.4) is 0 Å². The highest BCUT2D eigenvalue weighted by molar-refractivity contribution is 7.98. The number of methoxy groups -OCH3 is 1. The van der Waals surface area contributed by atoms with Crippen molar-refractivity contribution in [1.29, 1.82) is 0 Å². The normalized spacial score (nSPS) is 11.9. The molecule has 0 spiro atoms. The number of aromatic nitrogens is 2. The van der Waals surface area contributed by atoms with Crippen molar-refractivity contribution in [2.75, 3.05) is 24.4 Å². The number of ether oxygens (including phenoxy) is 1. The summed E-state index contributed by atoms with van der Waals surface area (Å²) in [6.07, 6.45) is 4.98. The van der Waals surface area contributed by atoms with Crippen LogP contribution in [0.1, 0.15) is 17.4 Å². The number of nitrogens with zero attached hydrogens (tertiary/aromatic N) is 2. The first-order chi connectivity index (χ1) is 7.67. The summed E-state index contributed by atoms with van der Waals surface area (Å²) in [5, 5.41) is 3.18. The Morgan fingerprint density at radius 1 is 1.56 bits per heavy atom. The molecule has 0 aliphatic heterocycles. The van der Waals surface area contributed by atoms with E-state index in [1.54, 1.807) is 11.8 Å². The van der Waals surface area contributed by atoms with Gasteiger partial charge in [0.05, 0.1) is 19.5 Å². The van der Waals surface area contributed by atoms with Gasteiger partial charge < -0.3 is 10.1 Å². The van der Waals surface area contributed by atoms with Gasteiger partial charge in [0.15, 0.2) is 5.69 Å². The molecule has 1 rings (SSSR count). The molecule has 0 bridgehead atoms. The highest BCUT2D eigenvalue weighted by Crippen LogP contribution is 2.06. The first-order valence-electron chi connectivity index (χ1n) is 4.83. The summed E-state index contributed by atoms with van der Waals surface area (Å²) in [6, 6.07) is 0.313. The zero-order chi connectivity index (χ0) is 12.0. The predicted molar refractivity (Wildman–Crippen MR) is 64.8 cm³/mol. The summed E-state index contributed by atoms with van der Waals surface area (Å²) in [5.74, 6) is 1.17. The number of nitrogens with one attached hydrogen (secondary N) is 1. The number of hydrogen-bond donors (Lipinski definition) is 1. The fourth-order valence-corrected chi connectivity index (χ4v) is 1.74. The highest BCUT2D eigenvalue weighted by Gasteiger charge is 2.08. The van der Waals surface area contributed by atoms with Gasteiger partial charge in [-0.2, -0.15) is 11.8 Å². The Kier molecular flexibility index (Phi) is 5.04. The molecular formula is C10H15N3O2S. The number of rotatable bonds is 5. The molecule has 16 heavy (non-hydrogen) atoms. The summed E-state index contributed by atoms with van der Waals surface area (Å²) >= 11 is 1.76. The maximum absolute atomic E-state index is 11.1. The van der Waals surface area contributed by atoms with Crippen LogP contribution < -0.4 is 5.32 Å². The molecule has 0 aromatic carbocycles. The Hall–Kier alpha value is -1.30. The van der Waals surface area contributed by atoms with Gasteiger partial charge in [-0.05, 0) is 13.2 Å². The van der Waals surface area contributed by atoms with Gasteiger partial charge in [0.2, 0.25) is 0 Å². The molecule has 1 heterocycles. The summed E-state index contributed by atoms with van der Waals surface area (Å²) in [5.41, 5.74) is 0.213. The van der Waals surface area contributed by atoms with E-state index >= 15 is 0 Å². The predicted octanol–water partition coefficient (Wildman–Crippen LogP) is 1.43. The number of carbonyl (C=O) groups is 1. The molecular weight excluding hydrogens is 226 g/mol. The van der Waals surface area contributed by atoms with E-state index in [2.05, 4.69) is 26.9 Å². The van der Waals surface area contributed by atoms with Crippen LogP contribution in [0.25, 0.3) is 0 Å². The van der Waals surface area contributed by atoms with Crippen LogP contribution in [0.2, 0.25) is 0 Å². The third-order valence-electron chi connectivity index (χ3n) is 1.86. The molecule has 6 heteroatoms. The SMILES string of the molecule is COC(=O)c1cnc(NC(C)CSC)cn1. The molecule has 0 aliphatic rings. The Morgan fingerprint density at radius 2 is 2.31 bits per heavy atom. The standard InChI is InChI=1S/C10H15N3O2S/c1-7(6-16-3)13-9-5-11-8(4-12-9)10(14)15-2/h4-5,7H,6H2,1-3H3,(H,12,13). The van der Waals surface area contributed by atoms with E-state index in [9.17, 15) is 4.79 Å². The highest BCUT2D eigenvalue weighted by atomic mass is 32.2. The van der Waals surface area contributed by atoms with E-state index in [1.807, 2.05) is 6.26 Å². The van der Waals surface area contributed by atoms with Gasteiger partial charge in [-0.1, -0.05) is 0 Å². The van der Waals surface area contributed by atoms with Crippen LogP contribution in [-0.2, 0) is 4.74 Å². The summed E-state index contributed by atoms with van der Waals surface area (Å²) < 4.78 is 4.53. The lowest BCUT2D eigenvalue weighted by Crippen LogP contribution is -2.19. The first kappa shape index (κ1) is 12.8. The van der Waals surface area contributed by atoms with Crippen molar-refractivity contribution >= 4 is 23.5 Å². The molecule has 0 saturated heterocycles. The van der Waals surface area contributed by atoms with Gasteiger partial charge in [0.1, 0.15) is 5.82 Å². The molecule has 0 radical (unpaired) electrons. The summed E-state index contributed by atoms with van der Waals surface area (Å²) in [7, 11) is 1.32. The fraction of sp³-hybridized carbons (Fsp3) is 0.500. The molecule has 1 N–H and O–H groups in total. The maximum atomic E-state index is 11.1. The minimum absolute atomic E-state index is 0.213. The number of carbonyl (C=O) groups excluding carboxylic acids is 1. The second kappa shape index (κ2) is 6.32. The van der Waals surface area contributed by atoms with Gasteiger partial charge >= 0.3 is 5.97 Å². The van der Waals surface area contributed by atoms with Crippen molar-refractivity contribution in [2.24, 2.45) is 0 Å². The van der Waals surface area contributed by atoms with Crippen LogP contribution in [0.15, 0.2) is 12.4 Å². The van der Waals surface area contributed by atoms with Gasteiger partial charge in [-0.15, -0.1) is 0 Å². The number of esters is 1. The zero-order valence-corrected chi connectivity index (χ0v) is 10.4. The van der Waals surface area contributed by atoms with Crippen LogP contribution >= 0.6 is 11.8 Å². The molecule has 0 aliphatic carbocycles. The number of hydrogen-bond acceptors (Lipinski definition) is 6. The van der Waals surface area contributed by atoms with Crippen molar-refractivity contribution in [3.05, 3.63) is 18.1 Å². The lowest BCUT2D eigenvalue weighted by Gasteiger charge is -2.12. The molecule has 1 aromatic rings.